The molecule has 11 heteroatoms. The first-order valence-electron chi connectivity index (χ1n) is 9.13. The lowest BCUT2D eigenvalue weighted by Gasteiger charge is -2.24. The molecule has 1 aromatic rings. The maximum absolute atomic E-state index is 12.1. The zero-order valence-corrected chi connectivity index (χ0v) is 18.1. The second-order valence-corrected chi connectivity index (χ2v) is 7.89. The number of hydroxylamine groups is 1. The lowest BCUT2D eigenvalue weighted by atomic mass is 10.2. The molecule has 1 saturated heterocycles. The molecule has 1 aliphatic rings. The number of anilines is 1. The summed E-state index contributed by atoms with van der Waals surface area (Å²) in [6, 6.07) is 1.67. The van der Waals surface area contributed by atoms with E-state index in [4.69, 9.17) is 31.4 Å². The van der Waals surface area contributed by atoms with E-state index in [-0.39, 0.29) is 12.1 Å². The SMILES string of the molecule is CC(=O)O.CC(C)(C)OC(=O)N1CC[C@@H](Nc2ncc(/C=C/C(=O)NO)cc2Cl)C1. The average molecular weight is 443 g/mol. The number of halogens is 1. The molecule has 1 aliphatic heterocycles. The van der Waals surface area contributed by atoms with Gasteiger partial charge in [-0.3, -0.25) is 14.8 Å². The lowest BCUT2D eigenvalue weighted by Crippen LogP contribution is -2.36. The molecule has 0 spiro atoms. The number of carboxylic acids is 1. The lowest BCUT2D eigenvalue weighted by molar-refractivity contribution is -0.134. The van der Waals surface area contributed by atoms with Gasteiger partial charge in [-0.25, -0.2) is 15.3 Å². The third-order valence-electron chi connectivity index (χ3n) is 3.58. The van der Waals surface area contributed by atoms with Gasteiger partial charge >= 0.3 is 6.09 Å². The quantitative estimate of drug-likeness (QED) is 0.317. The van der Waals surface area contributed by atoms with E-state index in [1.54, 1.807) is 17.2 Å². The molecule has 30 heavy (non-hydrogen) atoms. The van der Waals surface area contributed by atoms with Crippen molar-refractivity contribution in [3.63, 3.8) is 0 Å². The van der Waals surface area contributed by atoms with Crippen LogP contribution in [0.4, 0.5) is 10.6 Å². The first-order chi connectivity index (χ1) is 13.9. The van der Waals surface area contributed by atoms with Gasteiger partial charge in [-0.15, -0.1) is 0 Å². The molecule has 2 rings (SSSR count). The summed E-state index contributed by atoms with van der Waals surface area (Å²) < 4.78 is 5.37. The number of rotatable bonds is 4. The minimum absolute atomic E-state index is 0.0223. The fourth-order valence-corrected chi connectivity index (χ4v) is 2.65. The summed E-state index contributed by atoms with van der Waals surface area (Å²) in [4.78, 5) is 38.0. The third kappa shape index (κ3) is 9.57. The van der Waals surface area contributed by atoms with Crippen LogP contribution in [0.5, 0.6) is 0 Å². The van der Waals surface area contributed by atoms with Crippen LogP contribution in [0, 0.1) is 0 Å². The number of hydrogen-bond donors (Lipinski definition) is 4. The summed E-state index contributed by atoms with van der Waals surface area (Å²) in [5.41, 5.74) is 1.60. The highest BCUT2D eigenvalue weighted by Crippen LogP contribution is 2.24. The molecule has 0 radical (unpaired) electrons. The van der Waals surface area contributed by atoms with Crippen LogP contribution in [0.2, 0.25) is 5.02 Å². The van der Waals surface area contributed by atoms with Crippen LogP contribution in [-0.4, -0.2) is 62.9 Å². The minimum Gasteiger partial charge on any atom is -0.481 e. The van der Waals surface area contributed by atoms with Gasteiger partial charge in [0.1, 0.15) is 11.4 Å². The monoisotopic (exact) mass is 442 g/mol. The fraction of sp³-hybridized carbons (Fsp3) is 0.474. The molecule has 2 amide bonds. The Morgan fingerprint density at radius 3 is 2.53 bits per heavy atom. The summed E-state index contributed by atoms with van der Waals surface area (Å²) in [6.07, 6.45) is 4.62. The molecule has 0 saturated carbocycles. The molecule has 1 fully saturated rings. The molecule has 10 nitrogen and oxygen atoms in total. The van der Waals surface area contributed by atoms with Crippen LogP contribution in [0.3, 0.4) is 0 Å². The van der Waals surface area contributed by atoms with Gasteiger partial charge in [-0.2, -0.15) is 0 Å². The predicted octanol–water partition coefficient (Wildman–Crippen LogP) is 2.77. The first-order valence-corrected chi connectivity index (χ1v) is 9.50. The Hall–Kier alpha value is -2.85. The first kappa shape index (κ1) is 25.2. The van der Waals surface area contributed by atoms with Crippen molar-refractivity contribution in [2.45, 2.75) is 45.8 Å². The Labute approximate surface area is 179 Å². The highest BCUT2D eigenvalue weighted by Gasteiger charge is 2.30. The van der Waals surface area contributed by atoms with Crippen molar-refractivity contribution >= 4 is 41.5 Å². The van der Waals surface area contributed by atoms with Crippen LogP contribution in [0.25, 0.3) is 6.08 Å². The Bertz CT molecular complexity index is 790. The van der Waals surface area contributed by atoms with Crippen molar-refractivity contribution in [2.75, 3.05) is 18.4 Å². The van der Waals surface area contributed by atoms with Gasteiger partial charge < -0.3 is 20.1 Å². The number of carbonyl (C=O) groups is 3. The van der Waals surface area contributed by atoms with Gasteiger partial charge in [0.2, 0.25) is 0 Å². The topological polar surface area (TPSA) is 141 Å². The number of amides is 2. The van der Waals surface area contributed by atoms with E-state index in [1.165, 1.54) is 11.6 Å². The number of ether oxygens (including phenoxy) is 1. The number of pyridine rings is 1. The van der Waals surface area contributed by atoms with Crippen molar-refractivity contribution in [2.24, 2.45) is 0 Å². The van der Waals surface area contributed by atoms with E-state index in [0.29, 0.717) is 29.5 Å². The largest absolute Gasteiger partial charge is 0.481 e. The smallest absolute Gasteiger partial charge is 0.410 e. The average Bonchev–Trinajstić information content (AvgIpc) is 3.08. The van der Waals surface area contributed by atoms with Crippen LogP contribution >= 0.6 is 11.6 Å². The Morgan fingerprint density at radius 1 is 1.37 bits per heavy atom. The predicted molar refractivity (Wildman–Crippen MR) is 111 cm³/mol. The van der Waals surface area contributed by atoms with Gasteiger partial charge in [0.15, 0.2) is 0 Å². The van der Waals surface area contributed by atoms with Crippen LogP contribution in [-0.2, 0) is 14.3 Å². The van der Waals surface area contributed by atoms with Crippen molar-refractivity contribution in [1.29, 1.82) is 0 Å². The van der Waals surface area contributed by atoms with E-state index in [2.05, 4.69) is 10.3 Å². The normalized spacial score (nSPS) is 15.9. The summed E-state index contributed by atoms with van der Waals surface area (Å²) in [6.45, 7) is 7.69. The van der Waals surface area contributed by atoms with E-state index in [9.17, 15) is 9.59 Å². The number of carbonyl (C=O) groups excluding carboxylic acids is 2. The second-order valence-electron chi connectivity index (χ2n) is 7.48. The molecule has 4 N–H and O–H groups in total. The van der Waals surface area contributed by atoms with Crippen LogP contribution in [0.15, 0.2) is 18.3 Å². The highest BCUT2D eigenvalue weighted by molar-refractivity contribution is 6.33. The molecule has 0 bridgehead atoms. The number of nitrogens with zero attached hydrogens (tertiary/aromatic N) is 2. The van der Waals surface area contributed by atoms with E-state index in [1.807, 2.05) is 20.8 Å². The van der Waals surface area contributed by atoms with Gasteiger partial charge in [0, 0.05) is 38.3 Å². The van der Waals surface area contributed by atoms with Crippen LogP contribution < -0.4 is 10.8 Å². The Morgan fingerprint density at radius 2 is 2.00 bits per heavy atom. The number of hydrogen-bond acceptors (Lipinski definition) is 7. The maximum atomic E-state index is 12.1. The van der Waals surface area contributed by atoms with Crippen molar-refractivity contribution in [3.8, 4) is 0 Å². The van der Waals surface area contributed by atoms with Gasteiger partial charge in [0.25, 0.3) is 11.9 Å². The van der Waals surface area contributed by atoms with E-state index in [0.717, 1.165) is 19.4 Å². The number of carboxylic acid groups (broad SMARTS) is 1. The van der Waals surface area contributed by atoms with E-state index >= 15 is 0 Å². The third-order valence-corrected chi connectivity index (χ3v) is 3.87. The minimum atomic E-state index is -0.833. The number of aromatic nitrogens is 1. The van der Waals surface area contributed by atoms with Gasteiger partial charge in [-0.1, -0.05) is 11.6 Å². The standard InChI is InChI=1S/C17H23ClN4O4.C2H4O2/c1-17(2,3)26-16(24)22-7-6-12(10-22)20-15-13(18)8-11(9-19-15)4-5-14(23)21-25;1-2(3)4/h4-5,8-9,12,25H,6-7,10H2,1-3H3,(H,19,20)(H,21,23);1H3,(H,3,4)/b5-4+;/t12-;/m1./s1. The zero-order valence-electron chi connectivity index (χ0n) is 17.3. The molecule has 1 atom stereocenters. The molecule has 0 aromatic carbocycles. The second kappa shape index (κ2) is 11.4. The fourth-order valence-electron chi connectivity index (χ4n) is 2.42. The number of nitrogens with one attached hydrogen (secondary N) is 2. The summed E-state index contributed by atoms with van der Waals surface area (Å²) in [5, 5.41) is 19.5. The Kier molecular flexibility index (Phi) is 9.54. The molecular weight excluding hydrogens is 416 g/mol. The zero-order chi connectivity index (χ0) is 22.9. The highest BCUT2D eigenvalue weighted by atomic mass is 35.5. The molecule has 0 aliphatic carbocycles. The van der Waals surface area contributed by atoms with Crippen molar-refractivity contribution in [3.05, 3.63) is 28.9 Å². The van der Waals surface area contributed by atoms with Crippen molar-refractivity contribution in [1.82, 2.24) is 15.4 Å². The molecule has 0 unspecified atom stereocenters. The van der Waals surface area contributed by atoms with Gasteiger partial charge in [-0.05, 0) is 44.9 Å². The van der Waals surface area contributed by atoms with Gasteiger partial charge in [0.05, 0.1) is 5.02 Å². The molecular formula is C19H27ClN4O6. The van der Waals surface area contributed by atoms with Crippen LogP contribution in [0.1, 0.15) is 39.7 Å². The van der Waals surface area contributed by atoms with E-state index < -0.39 is 17.5 Å². The Balaban J connectivity index is 0.00000103. The number of likely N-dealkylation sites (tertiary alicyclic amines) is 1. The summed E-state index contributed by atoms with van der Waals surface area (Å²) in [7, 11) is 0. The number of aliphatic carboxylic acids is 1. The molecule has 2 heterocycles. The molecule has 166 valence electrons. The summed E-state index contributed by atoms with van der Waals surface area (Å²) >= 11 is 6.23. The molecule has 1 aromatic heterocycles. The van der Waals surface area contributed by atoms with Crippen molar-refractivity contribution < 1.29 is 29.4 Å². The maximum Gasteiger partial charge on any atom is 0.410 e. The summed E-state index contributed by atoms with van der Waals surface area (Å²) in [5.74, 6) is -0.969.